The lowest BCUT2D eigenvalue weighted by Gasteiger charge is -2.33. The van der Waals surface area contributed by atoms with Crippen molar-refractivity contribution < 1.29 is 32.6 Å². The van der Waals surface area contributed by atoms with Crippen LogP contribution in [0.2, 0.25) is 5.02 Å². The maximum atomic E-state index is 14.0. The average Bonchev–Trinajstić information content (AvgIpc) is 2.72. The molecule has 0 spiro atoms. The second kappa shape index (κ2) is 8.64. The fourth-order valence-electron chi connectivity index (χ4n) is 3.38. The van der Waals surface area contributed by atoms with Gasteiger partial charge in [0, 0.05) is 29.6 Å². The Morgan fingerprint density at radius 3 is 2.38 bits per heavy atom. The number of aromatic nitrogens is 1. The number of carbonyl (C=O) groups is 2. The van der Waals surface area contributed by atoms with Gasteiger partial charge in [-0.1, -0.05) is 41.9 Å². The predicted octanol–water partition coefficient (Wildman–Crippen LogP) is 3.60. The molecule has 1 atom stereocenters. The zero-order valence-electron chi connectivity index (χ0n) is 16.4. The largest absolute Gasteiger partial charge is 0.477 e. The monoisotopic (exact) mass is 468 g/mol. The highest BCUT2D eigenvalue weighted by Gasteiger charge is 2.62. The van der Waals surface area contributed by atoms with Crippen LogP contribution < -0.4 is 10.9 Å². The molecule has 1 heterocycles. The van der Waals surface area contributed by atoms with Crippen LogP contribution in [0, 0.1) is 0 Å². The summed E-state index contributed by atoms with van der Waals surface area (Å²) in [5.41, 5.74) is -4.83. The van der Waals surface area contributed by atoms with E-state index in [-0.39, 0.29) is 21.5 Å². The number of carbonyl (C=O) groups excluding carboxylic acids is 1. The number of aromatic amines is 1. The second-order valence-corrected chi connectivity index (χ2v) is 7.21. The minimum atomic E-state index is -5.09. The lowest BCUT2D eigenvalue weighted by atomic mass is 9.91. The van der Waals surface area contributed by atoms with Crippen molar-refractivity contribution >= 4 is 34.4 Å². The van der Waals surface area contributed by atoms with Gasteiger partial charge in [0.25, 0.3) is 17.1 Å². The molecule has 1 unspecified atom stereocenters. The molecule has 3 rings (SSSR count). The fraction of sp³-hybridized carbons (Fsp3) is 0.190. The molecular weight excluding hydrogens is 453 g/mol. The lowest BCUT2D eigenvalue weighted by Crippen LogP contribution is -2.55. The Balaban J connectivity index is 2.03. The standard InChI is InChI=1S/C21H16ClF3N2O5/c1-32-20(21(23,24)25,13-5-3-2-4-6-13)19(31)26-10-12-8-14(22)7-11-9-15(18(29)30)17(28)27-16(11)12/h2-9H,10H2,1H3,(H,26,31)(H,27,28)(H,29,30). The number of ether oxygens (including phenoxy) is 1. The summed E-state index contributed by atoms with van der Waals surface area (Å²) in [5, 5.41) is 11.7. The van der Waals surface area contributed by atoms with Gasteiger partial charge in [-0.25, -0.2) is 4.79 Å². The van der Waals surface area contributed by atoms with Crippen molar-refractivity contribution in [3.8, 4) is 0 Å². The Kier molecular flexibility index (Phi) is 6.29. The van der Waals surface area contributed by atoms with Crippen LogP contribution in [0.5, 0.6) is 0 Å². The molecule has 0 radical (unpaired) electrons. The van der Waals surface area contributed by atoms with Crippen molar-refractivity contribution in [3.05, 3.63) is 80.6 Å². The quantitative estimate of drug-likeness (QED) is 0.512. The number of H-pyrrole nitrogens is 1. The highest BCUT2D eigenvalue weighted by Crippen LogP contribution is 2.42. The van der Waals surface area contributed by atoms with Crippen LogP contribution in [-0.4, -0.2) is 35.3 Å². The van der Waals surface area contributed by atoms with E-state index in [4.69, 9.17) is 21.4 Å². The number of aromatic carboxylic acids is 1. The highest BCUT2D eigenvalue weighted by molar-refractivity contribution is 6.31. The van der Waals surface area contributed by atoms with Crippen LogP contribution in [0.4, 0.5) is 13.2 Å². The van der Waals surface area contributed by atoms with Gasteiger partial charge in [-0.05, 0) is 23.8 Å². The van der Waals surface area contributed by atoms with Crippen LogP contribution in [-0.2, 0) is 21.7 Å². The van der Waals surface area contributed by atoms with E-state index in [1.807, 2.05) is 0 Å². The third-order valence-corrected chi connectivity index (χ3v) is 5.09. The zero-order valence-corrected chi connectivity index (χ0v) is 17.2. The van der Waals surface area contributed by atoms with Gasteiger partial charge in [-0.3, -0.25) is 9.59 Å². The maximum Gasteiger partial charge on any atom is 0.430 e. The first-order valence-corrected chi connectivity index (χ1v) is 9.43. The molecule has 1 amide bonds. The Morgan fingerprint density at radius 1 is 1.16 bits per heavy atom. The first-order valence-electron chi connectivity index (χ1n) is 9.05. The average molecular weight is 469 g/mol. The summed E-state index contributed by atoms with van der Waals surface area (Å²) < 4.78 is 46.8. The molecule has 168 valence electrons. The summed E-state index contributed by atoms with van der Waals surface area (Å²) in [7, 11) is 0.778. The summed E-state index contributed by atoms with van der Waals surface area (Å²) in [4.78, 5) is 38.4. The highest BCUT2D eigenvalue weighted by atomic mass is 35.5. The topological polar surface area (TPSA) is 108 Å². The maximum absolute atomic E-state index is 14.0. The fourth-order valence-corrected chi connectivity index (χ4v) is 3.62. The van der Waals surface area contributed by atoms with Crippen molar-refractivity contribution in [2.45, 2.75) is 18.3 Å². The second-order valence-electron chi connectivity index (χ2n) is 6.78. The number of carboxylic acids is 1. The van der Waals surface area contributed by atoms with E-state index in [1.165, 1.54) is 30.3 Å². The van der Waals surface area contributed by atoms with Gasteiger partial charge in [0.1, 0.15) is 5.56 Å². The molecule has 0 fully saturated rings. The molecule has 0 aliphatic heterocycles. The van der Waals surface area contributed by atoms with E-state index < -0.39 is 46.9 Å². The summed E-state index contributed by atoms with van der Waals surface area (Å²) in [6.45, 7) is -0.452. The van der Waals surface area contributed by atoms with E-state index in [1.54, 1.807) is 0 Å². The van der Waals surface area contributed by atoms with Gasteiger partial charge in [-0.2, -0.15) is 13.2 Å². The summed E-state index contributed by atoms with van der Waals surface area (Å²) in [5.74, 6) is -2.93. The molecule has 0 bridgehead atoms. The van der Waals surface area contributed by atoms with Crippen molar-refractivity contribution in [2.75, 3.05) is 7.11 Å². The van der Waals surface area contributed by atoms with Crippen molar-refractivity contribution in [2.24, 2.45) is 0 Å². The number of rotatable bonds is 6. The molecule has 2 aromatic carbocycles. The Bertz CT molecular complexity index is 1240. The Hall–Kier alpha value is -3.37. The van der Waals surface area contributed by atoms with E-state index in [2.05, 4.69) is 10.3 Å². The molecule has 0 saturated carbocycles. The number of amides is 1. The van der Waals surface area contributed by atoms with Gasteiger partial charge in [0.15, 0.2) is 0 Å². The minimum absolute atomic E-state index is 0.124. The molecule has 1 aromatic heterocycles. The number of nitrogens with one attached hydrogen (secondary N) is 2. The molecule has 3 aromatic rings. The van der Waals surface area contributed by atoms with Crippen molar-refractivity contribution in [3.63, 3.8) is 0 Å². The minimum Gasteiger partial charge on any atom is -0.477 e. The normalized spacial score (nSPS) is 13.5. The third-order valence-electron chi connectivity index (χ3n) is 4.87. The lowest BCUT2D eigenvalue weighted by molar-refractivity contribution is -0.265. The molecule has 11 heteroatoms. The molecule has 3 N–H and O–H groups in total. The first-order chi connectivity index (χ1) is 15.0. The number of alkyl halides is 3. The summed E-state index contributed by atoms with van der Waals surface area (Å²) >= 11 is 6.04. The number of benzene rings is 2. The molecule has 0 aliphatic carbocycles. The predicted molar refractivity (Wildman–Crippen MR) is 110 cm³/mol. The third kappa shape index (κ3) is 4.06. The van der Waals surface area contributed by atoms with Crippen LogP contribution in [0.25, 0.3) is 10.9 Å². The number of pyridine rings is 1. The van der Waals surface area contributed by atoms with Gasteiger partial charge >= 0.3 is 12.1 Å². The van der Waals surface area contributed by atoms with E-state index in [0.717, 1.165) is 25.3 Å². The number of methoxy groups -OCH3 is 1. The first kappa shape index (κ1) is 23.3. The Labute approximate surface area is 183 Å². The molecule has 0 aliphatic rings. The van der Waals surface area contributed by atoms with Crippen LogP contribution in [0.1, 0.15) is 21.5 Å². The number of hydrogen-bond acceptors (Lipinski definition) is 4. The number of halogens is 4. The SMILES string of the molecule is COC(C(=O)NCc1cc(Cl)cc2cc(C(=O)O)c(=O)[nH]c12)(c1ccccc1)C(F)(F)F. The van der Waals surface area contributed by atoms with E-state index in [0.29, 0.717) is 0 Å². The number of carboxylic acid groups (broad SMARTS) is 1. The summed E-state index contributed by atoms with van der Waals surface area (Å²) in [6.07, 6.45) is -5.09. The van der Waals surface area contributed by atoms with Crippen molar-refractivity contribution in [1.29, 1.82) is 0 Å². The summed E-state index contributed by atoms with van der Waals surface area (Å²) in [6, 6.07) is 10.2. The van der Waals surface area contributed by atoms with Gasteiger partial charge in [-0.15, -0.1) is 0 Å². The smallest absolute Gasteiger partial charge is 0.430 e. The van der Waals surface area contributed by atoms with Crippen LogP contribution >= 0.6 is 11.6 Å². The molecule has 32 heavy (non-hydrogen) atoms. The van der Waals surface area contributed by atoms with Gasteiger partial charge in [0.2, 0.25) is 0 Å². The van der Waals surface area contributed by atoms with E-state index >= 15 is 0 Å². The molecule has 0 saturated heterocycles. The molecule has 7 nitrogen and oxygen atoms in total. The Morgan fingerprint density at radius 2 is 1.81 bits per heavy atom. The number of hydrogen-bond donors (Lipinski definition) is 3. The van der Waals surface area contributed by atoms with Crippen LogP contribution in [0.15, 0.2) is 53.3 Å². The van der Waals surface area contributed by atoms with Gasteiger partial charge in [0.05, 0.1) is 5.52 Å². The zero-order chi connectivity index (χ0) is 23.7. The van der Waals surface area contributed by atoms with Gasteiger partial charge < -0.3 is 20.1 Å². The van der Waals surface area contributed by atoms with E-state index in [9.17, 15) is 27.6 Å². The number of fused-ring (bicyclic) bond motifs is 1. The van der Waals surface area contributed by atoms with Crippen molar-refractivity contribution in [1.82, 2.24) is 10.3 Å². The van der Waals surface area contributed by atoms with Crippen LogP contribution in [0.3, 0.4) is 0 Å². The molecular formula is C21H16ClF3N2O5.